The van der Waals surface area contributed by atoms with Gasteiger partial charge in [0.25, 0.3) is 5.91 Å². The zero-order chi connectivity index (χ0) is 15.1. The SMILES string of the molecule is CCC1CCCCN1CCNC(=O)c1ccc(CN)cc1.Cl. The van der Waals surface area contributed by atoms with Crippen molar-refractivity contribution in [2.45, 2.75) is 45.2 Å². The van der Waals surface area contributed by atoms with E-state index in [1.807, 2.05) is 24.3 Å². The standard InChI is InChI=1S/C17H27N3O.ClH/c1-2-16-5-3-4-11-20(16)12-10-19-17(21)15-8-6-14(13-18)7-9-15;/h6-9,16H,2-5,10-13,18H2,1H3,(H,19,21);1H. The largest absolute Gasteiger partial charge is 0.351 e. The van der Waals surface area contributed by atoms with Crippen LogP contribution in [0.5, 0.6) is 0 Å². The maximum Gasteiger partial charge on any atom is 0.251 e. The smallest absolute Gasteiger partial charge is 0.251 e. The predicted octanol–water partition coefficient (Wildman–Crippen LogP) is 2.56. The van der Waals surface area contributed by atoms with Crippen LogP contribution in [-0.2, 0) is 6.54 Å². The van der Waals surface area contributed by atoms with Crippen LogP contribution in [0.15, 0.2) is 24.3 Å². The summed E-state index contributed by atoms with van der Waals surface area (Å²) >= 11 is 0. The fourth-order valence-electron chi connectivity index (χ4n) is 3.02. The van der Waals surface area contributed by atoms with Crippen molar-refractivity contribution in [3.05, 3.63) is 35.4 Å². The molecule has 1 aromatic rings. The lowest BCUT2D eigenvalue weighted by Crippen LogP contribution is -2.43. The molecule has 1 atom stereocenters. The van der Waals surface area contributed by atoms with Crippen molar-refractivity contribution in [2.75, 3.05) is 19.6 Å². The van der Waals surface area contributed by atoms with E-state index >= 15 is 0 Å². The van der Waals surface area contributed by atoms with E-state index in [9.17, 15) is 4.79 Å². The number of carbonyl (C=O) groups is 1. The number of hydrogen-bond donors (Lipinski definition) is 2. The Morgan fingerprint density at radius 3 is 2.68 bits per heavy atom. The molecule has 0 aliphatic carbocycles. The van der Waals surface area contributed by atoms with E-state index in [2.05, 4.69) is 17.1 Å². The Morgan fingerprint density at radius 1 is 1.32 bits per heavy atom. The molecule has 0 aromatic heterocycles. The van der Waals surface area contributed by atoms with Crippen molar-refractivity contribution in [3.8, 4) is 0 Å². The molecule has 2 rings (SSSR count). The van der Waals surface area contributed by atoms with Crippen LogP contribution in [-0.4, -0.2) is 36.5 Å². The molecular weight excluding hydrogens is 298 g/mol. The summed E-state index contributed by atoms with van der Waals surface area (Å²) in [5.41, 5.74) is 7.31. The zero-order valence-electron chi connectivity index (χ0n) is 13.4. The quantitative estimate of drug-likeness (QED) is 0.845. The van der Waals surface area contributed by atoms with Gasteiger partial charge in [-0.25, -0.2) is 0 Å². The van der Waals surface area contributed by atoms with Crippen LogP contribution in [0.2, 0.25) is 0 Å². The highest BCUT2D eigenvalue weighted by Crippen LogP contribution is 2.18. The van der Waals surface area contributed by atoms with Crippen LogP contribution in [0, 0.1) is 0 Å². The third-order valence-corrected chi connectivity index (χ3v) is 4.36. The fourth-order valence-corrected chi connectivity index (χ4v) is 3.02. The van der Waals surface area contributed by atoms with Gasteiger partial charge in [-0.3, -0.25) is 9.69 Å². The maximum absolute atomic E-state index is 12.1. The number of piperidine rings is 1. The van der Waals surface area contributed by atoms with E-state index in [-0.39, 0.29) is 18.3 Å². The lowest BCUT2D eigenvalue weighted by atomic mass is 10.0. The molecule has 0 saturated carbocycles. The first-order chi connectivity index (χ1) is 10.2. The molecule has 1 aliphatic heterocycles. The molecule has 4 nitrogen and oxygen atoms in total. The fraction of sp³-hybridized carbons (Fsp3) is 0.588. The van der Waals surface area contributed by atoms with Gasteiger partial charge in [-0.2, -0.15) is 0 Å². The average Bonchev–Trinajstić information content (AvgIpc) is 2.55. The molecular formula is C17H28ClN3O. The second kappa shape index (κ2) is 9.82. The normalized spacial score (nSPS) is 18.5. The van der Waals surface area contributed by atoms with Crippen molar-refractivity contribution >= 4 is 18.3 Å². The molecule has 0 spiro atoms. The third kappa shape index (κ3) is 5.27. The Labute approximate surface area is 139 Å². The Balaban J connectivity index is 0.00000242. The first-order valence-corrected chi connectivity index (χ1v) is 8.06. The minimum absolute atomic E-state index is 0. The summed E-state index contributed by atoms with van der Waals surface area (Å²) in [6, 6.07) is 8.19. The van der Waals surface area contributed by atoms with Gasteiger partial charge in [0.1, 0.15) is 0 Å². The van der Waals surface area contributed by atoms with Crippen LogP contribution >= 0.6 is 12.4 Å². The van der Waals surface area contributed by atoms with Crippen molar-refractivity contribution in [1.29, 1.82) is 0 Å². The van der Waals surface area contributed by atoms with E-state index in [4.69, 9.17) is 5.73 Å². The monoisotopic (exact) mass is 325 g/mol. The molecule has 22 heavy (non-hydrogen) atoms. The van der Waals surface area contributed by atoms with Gasteiger partial charge < -0.3 is 11.1 Å². The van der Waals surface area contributed by atoms with Gasteiger partial charge in [0.05, 0.1) is 0 Å². The van der Waals surface area contributed by atoms with Crippen LogP contribution in [0.3, 0.4) is 0 Å². The van der Waals surface area contributed by atoms with Gasteiger partial charge in [-0.15, -0.1) is 12.4 Å². The number of likely N-dealkylation sites (tertiary alicyclic amines) is 1. The average molecular weight is 326 g/mol. The lowest BCUT2D eigenvalue weighted by molar-refractivity contribution is 0.0934. The summed E-state index contributed by atoms with van der Waals surface area (Å²) in [7, 11) is 0. The van der Waals surface area contributed by atoms with Gasteiger partial charge in [0.2, 0.25) is 0 Å². The number of benzene rings is 1. The number of halogens is 1. The Kier molecular flexibility index (Phi) is 8.46. The Morgan fingerprint density at radius 2 is 2.05 bits per heavy atom. The minimum atomic E-state index is 0. The van der Waals surface area contributed by atoms with Crippen LogP contribution in [0.25, 0.3) is 0 Å². The second-order valence-electron chi connectivity index (χ2n) is 5.75. The molecule has 3 N–H and O–H groups in total. The van der Waals surface area contributed by atoms with Crippen molar-refractivity contribution in [2.24, 2.45) is 5.73 Å². The zero-order valence-corrected chi connectivity index (χ0v) is 14.2. The minimum Gasteiger partial charge on any atom is -0.351 e. The van der Waals surface area contributed by atoms with Crippen molar-refractivity contribution < 1.29 is 4.79 Å². The Hall–Kier alpha value is -1.10. The number of hydrogen-bond acceptors (Lipinski definition) is 3. The molecule has 1 aliphatic rings. The van der Waals surface area contributed by atoms with Gasteiger partial charge >= 0.3 is 0 Å². The summed E-state index contributed by atoms with van der Waals surface area (Å²) < 4.78 is 0. The second-order valence-corrected chi connectivity index (χ2v) is 5.75. The van der Waals surface area contributed by atoms with Crippen molar-refractivity contribution in [3.63, 3.8) is 0 Å². The highest BCUT2D eigenvalue weighted by Gasteiger charge is 2.20. The molecule has 1 amide bonds. The van der Waals surface area contributed by atoms with E-state index in [1.165, 1.54) is 32.2 Å². The molecule has 0 radical (unpaired) electrons. The van der Waals surface area contributed by atoms with Gasteiger partial charge in [0.15, 0.2) is 0 Å². The summed E-state index contributed by atoms with van der Waals surface area (Å²) in [6.07, 6.45) is 5.12. The van der Waals surface area contributed by atoms with Crippen LogP contribution in [0.1, 0.15) is 48.5 Å². The summed E-state index contributed by atoms with van der Waals surface area (Å²) in [5.74, 6) is 0.00336. The first-order valence-electron chi connectivity index (χ1n) is 8.06. The van der Waals surface area contributed by atoms with E-state index in [0.29, 0.717) is 24.7 Å². The number of carbonyl (C=O) groups excluding carboxylic acids is 1. The topological polar surface area (TPSA) is 58.4 Å². The summed E-state index contributed by atoms with van der Waals surface area (Å²) in [5, 5.41) is 3.02. The number of rotatable bonds is 6. The molecule has 0 bridgehead atoms. The van der Waals surface area contributed by atoms with Crippen molar-refractivity contribution in [1.82, 2.24) is 10.2 Å². The third-order valence-electron chi connectivity index (χ3n) is 4.36. The summed E-state index contributed by atoms with van der Waals surface area (Å²) in [6.45, 7) is 5.59. The molecule has 124 valence electrons. The van der Waals surface area contributed by atoms with E-state index < -0.39 is 0 Å². The lowest BCUT2D eigenvalue weighted by Gasteiger charge is -2.35. The summed E-state index contributed by atoms with van der Waals surface area (Å²) in [4.78, 5) is 14.6. The maximum atomic E-state index is 12.1. The first kappa shape index (κ1) is 18.9. The molecule has 1 unspecified atom stereocenters. The Bertz CT molecular complexity index is 450. The molecule has 1 aromatic carbocycles. The number of nitrogens with two attached hydrogens (primary N) is 1. The molecule has 1 saturated heterocycles. The van der Waals surface area contributed by atoms with Gasteiger partial charge in [-0.1, -0.05) is 25.5 Å². The van der Waals surface area contributed by atoms with Gasteiger partial charge in [-0.05, 0) is 43.5 Å². The van der Waals surface area contributed by atoms with Gasteiger partial charge in [0, 0.05) is 31.2 Å². The molecule has 1 heterocycles. The number of amides is 1. The molecule has 1 fully saturated rings. The highest BCUT2D eigenvalue weighted by molar-refractivity contribution is 5.94. The van der Waals surface area contributed by atoms with Crippen LogP contribution in [0.4, 0.5) is 0 Å². The van der Waals surface area contributed by atoms with Crippen LogP contribution < -0.4 is 11.1 Å². The molecule has 5 heteroatoms. The van der Waals surface area contributed by atoms with E-state index in [1.54, 1.807) is 0 Å². The number of nitrogens with one attached hydrogen (secondary N) is 1. The number of nitrogens with zero attached hydrogens (tertiary/aromatic N) is 1. The highest BCUT2D eigenvalue weighted by atomic mass is 35.5. The van der Waals surface area contributed by atoms with E-state index in [0.717, 1.165) is 12.1 Å². The predicted molar refractivity (Wildman–Crippen MR) is 93.4 cm³/mol.